The highest BCUT2D eigenvalue weighted by Gasteiger charge is 2.31. The zero-order chi connectivity index (χ0) is 19.5. The Labute approximate surface area is 155 Å². The van der Waals surface area contributed by atoms with Crippen LogP contribution in [0.15, 0.2) is 38.6 Å². The van der Waals surface area contributed by atoms with Crippen LogP contribution in [0, 0.1) is 6.92 Å². The molecule has 2 aromatic heterocycles. The van der Waals surface area contributed by atoms with Gasteiger partial charge in [-0.3, -0.25) is 18.7 Å². The lowest BCUT2D eigenvalue weighted by Crippen LogP contribution is -2.41. The molecule has 1 aliphatic rings. The van der Waals surface area contributed by atoms with Crippen LogP contribution in [0.2, 0.25) is 6.82 Å². The molecule has 1 aromatic carbocycles. The number of aryl methyl sites for hydroxylation is 1. The second-order valence-electron chi connectivity index (χ2n) is 7.08. The van der Waals surface area contributed by atoms with Gasteiger partial charge in [0.2, 0.25) is 0 Å². The molecule has 4 rings (SSSR count). The third-order valence-electron chi connectivity index (χ3n) is 5.32. The smallest absolute Gasteiger partial charge is 0.337 e. The van der Waals surface area contributed by atoms with E-state index in [1.54, 1.807) is 12.1 Å². The fourth-order valence-electron chi connectivity index (χ4n) is 3.56. The molecule has 8 heteroatoms. The van der Waals surface area contributed by atoms with Crippen molar-refractivity contribution in [3.63, 3.8) is 0 Å². The summed E-state index contributed by atoms with van der Waals surface area (Å²) in [6.07, 6.45) is 1.59. The van der Waals surface area contributed by atoms with Crippen molar-refractivity contribution >= 4 is 23.8 Å². The number of nitrogens with zero attached hydrogens (tertiary/aromatic N) is 3. The minimum absolute atomic E-state index is 0.000619. The summed E-state index contributed by atoms with van der Waals surface area (Å²) in [5.74, 6) is -0.355. The predicted octanol–water partition coefficient (Wildman–Crippen LogP) is 0.310. The van der Waals surface area contributed by atoms with Crippen molar-refractivity contribution in [2.45, 2.75) is 32.6 Å². The number of fused-ring (bicyclic) bond motifs is 1. The number of pyridine rings is 1. The fraction of sp³-hybridized carbons (Fsp3) is 0.316. The summed E-state index contributed by atoms with van der Waals surface area (Å²) in [7, 11) is 2.37. The molecule has 0 aliphatic heterocycles. The van der Waals surface area contributed by atoms with Crippen LogP contribution in [-0.2, 0) is 7.05 Å². The summed E-state index contributed by atoms with van der Waals surface area (Å²) in [6, 6.07) is 7.14. The van der Waals surface area contributed by atoms with E-state index in [1.165, 1.54) is 23.1 Å². The number of hydrogen-bond donors (Lipinski definition) is 1. The largest absolute Gasteiger partial charge is 0.506 e. The molecule has 1 N–H and O–H groups in total. The van der Waals surface area contributed by atoms with Crippen molar-refractivity contribution in [1.29, 1.82) is 0 Å². The molecule has 1 fully saturated rings. The lowest BCUT2D eigenvalue weighted by molar-refractivity contribution is 0.472. The summed E-state index contributed by atoms with van der Waals surface area (Å²) in [5.41, 5.74) is 0.293. The maximum Gasteiger partial charge on any atom is 0.337 e. The van der Waals surface area contributed by atoms with Crippen LogP contribution >= 0.6 is 0 Å². The van der Waals surface area contributed by atoms with Crippen LogP contribution in [0.3, 0.4) is 0 Å². The molecule has 0 radical (unpaired) electrons. The third-order valence-corrected chi connectivity index (χ3v) is 5.32. The summed E-state index contributed by atoms with van der Waals surface area (Å²) >= 11 is 0. The van der Waals surface area contributed by atoms with Crippen molar-refractivity contribution in [3.8, 4) is 11.4 Å². The Bertz CT molecular complexity index is 1250. The number of rotatable bonds is 3. The van der Waals surface area contributed by atoms with Gasteiger partial charge in [0.15, 0.2) is 7.28 Å². The van der Waals surface area contributed by atoms with E-state index in [4.69, 9.17) is 0 Å². The highest BCUT2D eigenvalue weighted by atomic mass is 16.3. The van der Waals surface area contributed by atoms with Gasteiger partial charge in [0.25, 0.3) is 11.1 Å². The number of hydrogen-bond acceptors (Lipinski definition) is 4. The van der Waals surface area contributed by atoms with E-state index in [-0.39, 0.29) is 28.4 Å². The number of benzene rings is 1. The molecule has 3 aromatic rings. The van der Waals surface area contributed by atoms with Gasteiger partial charge in [-0.25, -0.2) is 9.36 Å². The van der Waals surface area contributed by atoms with E-state index >= 15 is 0 Å². The van der Waals surface area contributed by atoms with Gasteiger partial charge >= 0.3 is 5.69 Å². The summed E-state index contributed by atoms with van der Waals surface area (Å²) in [6.45, 7) is 3.50. The first-order chi connectivity index (χ1) is 12.9. The minimum atomic E-state index is -0.618. The van der Waals surface area contributed by atoms with Crippen molar-refractivity contribution in [2.24, 2.45) is 7.05 Å². The van der Waals surface area contributed by atoms with Gasteiger partial charge in [-0.1, -0.05) is 24.4 Å². The van der Waals surface area contributed by atoms with E-state index in [1.807, 2.05) is 19.0 Å². The highest BCUT2D eigenvalue weighted by Crippen LogP contribution is 2.36. The Kier molecular flexibility index (Phi) is 3.87. The topological polar surface area (TPSA) is 86.2 Å². The molecular formula is C19H20BN3O4. The normalized spacial score (nSPS) is 13.9. The van der Waals surface area contributed by atoms with Crippen molar-refractivity contribution in [2.75, 3.05) is 0 Å². The molecule has 0 spiro atoms. The maximum atomic E-state index is 13.2. The van der Waals surface area contributed by atoms with Gasteiger partial charge < -0.3 is 5.11 Å². The van der Waals surface area contributed by atoms with Crippen LogP contribution in [-0.4, -0.2) is 26.1 Å². The Morgan fingerprint density at radius 3 is 2.26 bits per heavy atom. The standard InChI is InChI=1S/C19H20BN3O4/c1-10-15(24)14-16(21(3)17(10)25)22(12-8-9-12)19(27)23(18(14)26)13-6-4-11(20-2)5-7-13/h4-7,12,20,24H,8-9H2,1-3H3. The fourth-order valence-corrected chi connectivity index (χ4v) is 3.56. The first-order valence-electron chi connectivity index (χ1n) is 9.06. The molecule has 27 heavy (non-hydrogen) atoms. The van der Waals surface area contributed by atoms with Crippen LogP contribution in [0.25, 0.3) is 16.7 Å². The molecule has 0 saturated heterocycles. The molecular weight excluding hydrogens is 345 g/mol. The van der Waals surface area contributed by atoms with Crippen LogP contribution in [0.4, 0.5) is 0 Å². The number of aromatic nitrogens is 3. The van der Waals surface area contributed by atoms with Gasteiger partial charge in [0.1, 0.15) is 16.8 Å². The van der Waals surface area contributed by atoms with E-state index < -0.39 is 16.8 Å². The lowest BCUT2D eigenvalue weighted by atomic mass is 9.73. The Hall–Kier alpha value is -3.03. The van der Waals surface area contributed by atoms with E-state index in [2.05, 4.69) is 0 Å². The maximum absolute atomic E-state index is 13.2. The van der Waals surface area contributed by atoms with Crippen molar-refractivity contribution < 1.29 is 5.11 Å². The third kappa shape index (κ3) is 2.47. The lowest BCUT2D eigenvalue weighted by Gasteiger charge is -2.17. The first kappa shape index (κ1) is 17.4. The molecule has 2 heterocycles. The van der Waals surface area contributed by atoms with Gasteiger partial charge in [-0.15, -0.1) is 0 Å². The van der Waals surface area contributed by atoms with Gasteiger partial charge in [0, 0.05) is 13.1 Å². The van der Waals surface area contributed by atoms with Gasteiger partial charge in [0.05, 0.1) is 11.3 Å². The van der Waals surface area contributed by atoms with Gasteiger partial charge in [-0.2, -0.15) is 0 Å². The zero-order valence-corrected chi connectivity index (χ0v) is 15.5. The molecule has 0 amide bonds. The predicted molar refractivity (Wildman–Crippen MR) is 106 cm³/mol. The van der Waals surface area contributed by atoms with Crippen LogP contribution < -0.4 is 22.3 Å². The molecule has 1 saturated carbocycles. The molecule has 1 aliphatic carbocycles. The van der Waals surface area contributed by atoms with E-state index in [9.17, 15) is 19.5 Å². The molecule has 138 valence electrons. The minimum Gasteiger partial charge on any atom is -0.506 e. The molecule has 7 nitrogen and oxygen atoms in total. The zero-order valence-electron chi connectivity index (χ0n) is 15.5. The summed E-state index contributed by atoms with van der Waals surface area (Å²) < 4.78 is 3.85. The second kappa shape index (κ2) is 6.01. The molecule has 0 bridgehead atoms. The number of aromatic hydroxyl groups is 1. The van der Waals surface area contributed by atoms with Crippen LogP contribution in [0.1, 0.15) is 24.4 Å². The quantitative estimate of drug-likeness (QED) is 0.677. The van der Waals surface area contributed by atoms with E-state index in [0.717, 1.165) is 30.2 Å². The monoisotopic (exact) mass is 365 g/mol. The Balaban J connectivity index is 2.20. The average Bonchev–Trinajstić information content (AvgIpc) is 3.49. The highest BCUT2D eigenvalue weighted by molar-refractivity contribution is 6.51. The molecule has 0 unspecified atom stereocenters. The van der Waals surface area contributed by atoms with E-state index in [0.29, 0.717) is 5.69 Å². The summed E-state index contributed by atoms with van der Waals surface area (Å²) in [5, 5.41) is 10.6. The Morgan fingerprint density at radius 1 is 1.07 bits per heavy atom. The van der Waals surface area contributed by atoms with Gasteiger partial charge in [-0.05, 0) is 31.9 Å². The average molecular weight is 365 g/mol. The SMILES string of the molecule is CBc1ccc(-n2c(=O)c3c(O)c(C)c(=O)n(C)c3n(C3CC3)c2=O)cc1. The van der Waals surface area contributed by atoms with Crippen LogP contribution in [0.5, 0.6) is 5.75 Å². The summed E-state index contributed by atoms with van der Waals surface area (Å²) in [4.78, 5) is 38.9. The van der Waals surface area contributed by atoms with Crippen molar-refractivity contribution in [1.82, 2.24) is 13.7 Å². The van der Waals surface area contributed by atoms with Crippen molar-refractivity contribution in [3.05, 3.63) is 61.0 Å². The molecule has 0 atom stereocenters. The first-order valence-corrected chi connectivity index (χ1v) is 9.06. The second-order valence-corrected chi connectivity index (χ2v) is 7.08. The Morgan fingerprint density at radius 2 is 1.70 bits per heavy atom.